The van der Waals surface area contributed by atoms with Gasteiger partial charge >= 0.3 is 0 Å². The van der Waals surface area contributed by atoms with Crippen molar-refractivity contribution in [2.24, 2.45) is 0 Å². The second-order valence-corrected chi connectivity index (χ2v) is 3.27. The fourth-order valence-electron chi connectivity index (χ4n) is 1.78. The summed E-state index contributed by atoms with van der Waals surface area (Å²) in [6.07, 6.45) is 0.944. The van der Waals surface area contributed by atoms with Gasteiger partial charge in [0, 0.05) is 6.54 Å². The lowest BCUT2D eigenvalue weighted by Crippen LogP contribution is -2.43. The molecule has 74 valence electrons. The molecule has 0 N–H and O–H groups in total. The number of benzene rings is 1. The normalized spacial score (nSPS) is 19.8. The lowest BCUT2D eigenvalue weighted by molar-refractivity contribution is -0.109. The van der Waals surface area contributed by atoms with Crippen molar-refractivity contribution < 1.29 is 9.53 Å². The minimum atomic E-state index is -0.144. The Morgan fingerprint density at radius 1 is 1.57 bits per heavy atom. The lowest BCUT2D eigenvalue weighted by Gasteiger charge is -2.34. The van der Waals surface area contributed by atoms with Crippen molar-refractivity contribution in [2.75, 3.05) is 18.1 Å². The molecule has 0 radical (unpaired) electrons. The van der Waals surface area contributed by atoms with Crippen molar-refractivity contribution >= 4 is 12.0 Å². The zero-order valence-electron chi connectivity index (χ0n) is 8.14. The molecule has 1 aromatic carbocycles. The number of anilines is 1. The van der Waals surface area contributed by atoms with Crippen LogP contribution in [0.4, 0.5) is 5.69 Å². The van der Waals surface area contributed by atoms with E-state index in [0.717, 1.165) is 24.3 Å². The predicted octanol–water partition coefficient (Wildman–Crippen LogP) is 1.47. The fourth-order valence-corrected chi connectivity index (χ4v) is 1.78. The van der Waals surface area contributed by atoms with Gasteiger partial charge in [0.2, 0.25) is 0 Å². The third-order valence-electron chi connectivity index (χ3n) is 2.48. The number of rotatable bonds is 2. The maximum Gasteiger partial charge on any atom is 0.145 e. The van der Waals surface area contributed by atoms with Crippen molar-refractivity contribution in [2.45, 2.75) is 13.0 Å². The van der Waals surface area contributed by atoms with Crippen LogP contribution >= 0.6 is 0 Å². The number of ether oxygens (including phenoxy) is 1. The van der Waals surface area contributed by atoms with Crippen LogP contribution in [0.15, 0.2) is 24.3 Å². The van der Waals surface area contributed by atoms with E-state index < -0.39 is 0 Å². The van der Waals surface area contributed by atoms with Crippen LogP contribution in [0.5, 0.6) is 5.75 Å². The molecule has 0 bridgehead atoms. The van der Waals surface area contributed by atoms with Crippen LogP contribution in [0.25, 0.3) is 0 Å². The van der Waals surface area contributed by atoms with E-state index in [0.29, 0.717) is 6.61 Å². The SMILES string of the molecule is CCN1c2ccccc2OCC1C=O. The Kier molecular flexibility index (Phi) is 2.39. The number of carbonyl (C=O) groups excluding carboxylic acids is 1. The van der Waals surface area contributed by atoms with Crippen molar-refractivity contribution in [3.8, 4) is 5.75 Å². The van der Waals surface area contributed by atoms with Crippen molar-refractivity contribution in [1.82, 2.24) is 0 Å². The Hall–Kier alpha value is -1.51. The number of aldehydes is 1. The Bertz CT molecular complexity index is 338. The Labute approximate surface area is 83.3 Å². The second-order valence-electron chi connectivity index (χ2n) is 3.27. The van der Waals surface area contributed by atoms with Gasteiger partial charge in [-0.1, -0.05) is 12.1 Å². The summed E-state index contributed by atoms with van der Waals surface area (Å²) in [6.45, 7) is 3.32. The van der Waals surface area contributed by atoms with Crippen molar-refractivity contribution in [1.29, 1.82) is 0 Å². The van der Waals surface area contributed by atoms with Gasteiger partial charge in [-0.25, -0.2) is 0 Å². The minimum absolute atomic E-state index is 0.144. The first-order chi connectivity index (χ1) is 6.86. The monoisotopic (exact) mass is 191 g/mol. The molecule has 0 saturated carbocycles. The van der Waals surface area contributed by atoms with Crippen LogP contribution in [-0.2, 0) is 4.79 Å². The zero-order chi connectivity index (χ0) is 9.97. The third kappa shape index (κ3) is 1.35. The summed E-state index contributed by atoms with van der Waals surface area (Å²) in [5, 5.41) is 0. The highest BCUT2D eigenvalue weighted by Gasteiger charge is 2.25. The van der Waals surface area contributed by atoms with Crippen LogP contribution in [0.2, 0.25) is 0 Å². The van der Waals surface area contributed by atoms with Gasteiger partial charge in [0.25, 0.3) is 0 Å². The molecule has 0 spiro atoms. The average Bonchev–Trinajstić information content (AvgIpc) is 2.27. The van der Waals surface area contributed by atoms with E-state index >= 15 is 0 Å². The maximum atomic E-state index is 10.8. The first-order valence-electron chi connectivity index (χ1n) is 4.80. The summed E-state index contributed by atoms with van der Waals surface area (Å²) >= 11 is 0. The van der Waals surface area contributed by atoms with Crippen molar-refractivity contribution in [3.63, 3.8) is 0 Å². The molecule has 0 aliphatic carbocycles. The van der Waals surface area contributed by atoms with E-state index in [2.05, 4.69) is 4.90 Å². The zero-order valence-corrected chi connectivity index (χ0v) is 8.14. The largest absolute Gasteiger partial charge is 0.489 e. The molecule has 1 aromatic rings. The van der Waals surface area contributed by atoms with E-state index in [1.165, 1.54) is 0 Å². The van der Waals surface area contributed by atoms with Gasteiger partial charge in [-0.2, -0.15) is 0 Å². The van der Waals surface area contributed by atoms with Gasteiger partial charge in [-0.3, -0.25) is 0 Å². The van der Waals surface area contributed by atoms with Crippen LogP contribution in [0, 0.1) is 0 Å². The number of hydrogen-bond donors (Lipinski definition) is 0. The molecule has 1 unspecified atom stereocenters. The average molecular weight is 191 g/mol. The number of carbonyl (C=O) groups is 1. The van der Waals surface area contributed by atoms with Crippen LogP contribution in [-0.4, -0.2) is 25.5 Å². The summed E-state index contributed by atoms with van der Waals surface area (Å²) in [7, 11) is 0. The molecule has 0 fully saturated rings. The highest BCUT2D eigenvalue weighted by atomic mass is 16.5. The molecule has 1 heterocycles. The number of para-hydroxylation sites is 2. The highest BCUT2D eigenvalue weighted by Crippen LogP contribution is 2.32. The molecule has 0 aromatic heterocycles. The number of likely N-dealkylation sites (N-methyl/N-ethyl adjacent to an activating group) is 1. The first-order valence-corrected chi connectivity index (χ1v) is 4.80. The summed E-state index contributed by atoms with van der Waals surface area (Å²) in [5.41, 5.74) is 1.01. The number of fused-ring (bicyclic) bond motifs is 1. The summed E-state index contributed by atoms with van der Waals surface area (Å²) < 4.78 is 5.49. The van der Waals surface area contributed by atoms with Gasteiger partial charge in [-0.15, -0.1) is 0 Å². The van der Waals surface area contributed by atoms with E-state index in [-0.39, 0.29) is 6.04 Å². The summed E-state index contributed by atoms with van der Waals surface area (Å²) in [5.74, 6) is 0.868. The van der Waals surface area contributed by atoms with Crippen LogP contribution in [0.1, 0.15) is 6.92 Å². The number of nitrogens with zero attached hydrogens (tertiary/aromatic N) is 1. The van der Waals surface area contributed by atoms with Crippen LogP contribution < -0.4 is 9.64 Å². The van der Waals surface area contributed by atoms with E-state index in [1.54, 1.807) is 0 Å². The predicted molar refractivity (Wildman–Crippen MR) is 54.8 cm³/mol. The maximum absolute atomic E-state index is 10.8. The highest BCUT2D eigenvalue weighted by molar-refractivity contribution is 5.71. The fraction of sp³-hybridized carbons (Fsp3) is 0.364. The molecule has 3 nitrogen and oxygen atoms in total. The Balaban J connectivity index is 2.39. The van der Waals surface area contributed by atoms with Gasteiger partial charge in [-0.05, 0) is 19.1 Å². The molecule has 2 rings (SSSR count). The van der Waals surface area contributed by atoms with E-state index in [1.807, 2.05) is 31.2 Å². The molecule has 1 aliphatic heterocycles. The molecule has 0 saturated heterocycles. The standard InChI is InChI=1S/C11H13NO2/c1-2-12-9(7-13)8-14-11-6-4-3-5-10(11)12/h3-7,9H,2,8H2,1H3. The van der Waals surface area contributed by atoms with E-state index in [9.17, 15) is 4.79 Å². The Morgan fingerprint density at radius 2 is 2.36 bits per heavy atom. The molecular weight excluding hydrogens is 178 g/mol. The lowest BCUT2D eigenvalue weighted by atomic mass is 10.1. The molecule has 3 heteroatoms. The van der Waals surface area contributed by atoms with Crippen LogP contribution in [0.3, 0.4) is 0 Å². The molecular formula is C11H13NO2. The quantitative estimate of drug-likeness (QED) is 0.663. The first kappa shape index (κ1) is 9.06. The Morgan fingerprint density at radius 3 is 3.07 bits per heavy atom. The van der Waals surface area contributed by atoms with E-state index in [4.69, 9.17) is 4.74 Å². The van der Waals surface area contributed by atoms with Gasteiger partial charge in [0.1, 0.15) is 24.7 Å². The summed E-state index contributed by atoms with van der Waals surface area (Å²) in [4.78, 5) is 12.9. The topological polar surface area (TPSA) is 29.5 Å². The molecule has 1 atom stereocenters. The number of hydrogen-bond acceptors (Lipinski definition) is 3. The molecule has 0 amide bonds. The van der Waals surface area contributed by atoms with Gasteiger partial charge in [0.15, 0.2) is 0 Å². The minimum Gasteiger partial charge on any atom is -0.489 e. The smallest absolute Gasteiger partial charge is 0.145 e. The molecule has 1 aliphatic rings. The second kappa shape index (κ2) is 3.70. The van der Waals surface area contributed by atoms with Gasteiger partial charge < -0.3 is 14.4 Å². The third-order valence-corrected chi connectivity index (χ3v) is 2.48. The van der Waals surface area contributed by atoms with Crippen molar-refractivity contribution in [3.05, 3.63) is 24.3 Å². The van der Waals surface area contributed by atoms with Gasteiger partial charge in [0.05, 0.1) is 5.69 Å². The molecule has 14 heavy (non-hydrogen) atoms. The summed E-state index contributed by atoms with van der Waals surface area (Å²) in [6, 6.07) is 7.66.